The number of nitrogens with two attached hydrogens (primary N) is 2. The summed E-state index contributed by atoms with van der Waals surface area (Å²) in [5, 5.41) is 59.4. The summed E-state index contributed by atoms with van der Waals surface area (Å²) >= 11 is 21.6. The lowest BCUT2D eigenvalue weighted by molar-refractivity contribution is -0.922. The number of aromatic nitrogens is 1. The van der Waals surface area contributed by atoms with E-state index in [0.717, 1.165) is 128 Å². The Bertz CT molecular complexity index is 5220. The summed E-state index contributed by atoms with van der Waals surface area (Å²) in [4.78, 5) is 104. The van der Waals surface area contributed by atoms with Crippen molar-refractivity contribution < 1.29 is 106 Å². The normalized spacial score (nSPS) is 16.3. The van der Waals surface area contributed by atoms with Crippen LogP contribution in [-0.4, -0.2) is 227 Å². The SMILES string of the molecule is CC(C)(O/N=C(/C(=O)C[C@@H]1C(=O)N2C(C(=O)O)=C(C[N+]3(CCNC(=O)c4ccc(O)c(O)c4Cl)CCCCCC3)CSC12)c1csc(N)n1)C(=O)O.COc1ccc(COc2ccc(C(=O)NCCN3CCCCCC3)c(Cl)c2OCc2ccc(OC)cc2)cc1.COc1ccc(COc2ccc(C(=O)O)c(Cl)c2OCc2ccc(OC)cc2)cc1.NCCN1CCCCCC1. The third kappa shape index (κ3) is 29.1. The number of fused-ring (bicyclic) bond motifs is 1. The van der Waals surface area contributed by atoms with Crippen LogP contribution in [0, 0.1) is 5.92 Å². The Morgan fingerprint density at radius 3 is 1.44 bits per heavy atom. The number of likely N-dealkylation sites (tertiary alicyclic amines) is 3. The number of nitrogens with zero attached hydrogens (tertiary/aromatic N) is 6. The fourth-order valence-corrected chi connectivity index (χ4v) is 18.1. The molecule has 1 aromatic heterocycles. The molecular weight excluding hydrogens is 1790 g/mol. The number of aliphatic carboxylic acids is 2. The zero-order valence-electron chi connectivity index (χ0n) is 74.4. The van der Waals surface area contributed by atoms with E-state index in [1.165, 1.54) is 119 Å². The topological polar surface area (TPSA) is 415 Å². The molecule has 3 amide bonds. The number of carboxylic acid groups (broad SMARTS) is 3. The maximum absolute atomic E-state index is 13.6. The molecule has 0 bridgehead atoms. The number of carbonyl (C=O) groups excluding carboxylic acids is 4. The molecular formula is C95H116Cl3N10O21S2+. The number of anilines is 1. The minimum Gasteiger partial charge on any atom is -0.504 e. The van der Waals surface area contributed by atoms with Crippen LogP contribution in [0.4, 0.5) is 5.13 Å². The van der Waals surface area contributed by atoms with Gasteiger partial charge in [-0.1, -0.05) is 114 Å². The van der Waals surface area contributed by atoms with E-state index in [4.69, 9.17) is 89.0 Å². The van der Waals surface area contributed by atoms with Gasteiger partial charge < -0.3 is 105 Å². The van der Waals surface area contributed by atoms with Crippen LogP contribution >= 0.6 is 57.9 Å². The molecule has 0 spiro atoms. The first-order valence-corrected chi connectivity index (χ1v) is 46.5. The summed E-state index contributed by atoms with van der Waals surface area (Å²) in [6.07, 6.45) is 14.0. The predicted octanol–water partition coefficient (Wildman–Crippen LogP) is 15.2. The predicted molar refractivity (Wildman–Crippen MR) is 502 cm³/mol. The van der Waals surface area contributed by atoms with Gasteiger partial charge in [-0.25, -0.2) is 19.4 Å². The van der Waals surface area contributed by atoms with E-state index in [2.05, 4.69) is 30.6 Å². The number of hydrogen-bond donors (Lipinski definition) is 9. The van der Waals surface area contributed by atoms with Crippen LogP contribution in [0.3, 0.4) is 0 Å². The average molecular weight is 1900 g/mol. The fraction of sp³-hybridized carbons (Fsp3) is 0.421. The van der Waals surface area contributed by atoms with Crippen molar-refractivity contribution in [2.75, 3.05) is 125 Å². The molecule has 0 aliphatic carbocycles. The Morgan fingerprint density at radius 1 is 0.557 bits per heavy atom. The summed E-state index contributed by atoms with van der Waals surface area (Å²) in [6, 6.07) is 38.8. The van der Waals surface area contributed by atoms with Crippen LogP contribution in [0.1, 0.15) is 156 Å². The maximum atomic E-state index is 13.6. The smallest absolute Gasteiger partial charge is 0.352 e. The van der Waals surface area contributed by atoms with Gasteiger partial charge in [-0.2, -0.15) is 0 Å². The summed E-state index contributed by atoms with van der Waals surface area (Å²) in [5.41, 5.74) is 13.7. The van der Waals surface area contributed by atoms with Gasteiger partial charge in [-0.3, -0.25) is 24.1 Å². The zero-order valence-corrected chi connectivity index (χ0v) is 78.3. The lowest BCUT2D eigenvalue weighted by Crippen LogP contribution is -2.63. The number of benzene rings is 7. The van der Waals surface area contributed by atoms with Gasteiger partial charge in [-0.15, -0.1) is 23.1 Å². The van der Waals surface area contributed by atoms with Gasteiger partial charge in [0.1, 0.15) is 72.4 Å². The van der Waals surface area contributed by atoms with E-state index in [1.54, 1.807) is 46.6 Å². The number of phenols is 2. The monoisotopic (exact) mass is 1900 g/mol. The molecule has 13 rings (SSSR count). The molecule has 5 aliphatic rings. The first-order chi connectivity index (χ1) is 63.1. The number of phenolic OH excluding ortho intramolecular Hbond substituents is 2. The van der Waals surface area contributed by atoms with Crippen molar-refractivity contribution in [1.29, 1.82) is 0 Å². The number of β-lactam (4-membered cyclic amide) rings is 1. The number of hydrogen-bond acceptors (Lipinski definition) is 26. The number of thiazole rings is 1. The highest BCUT2D eigenvalue weighted by Crippen LogP contribution is 2.47. The quantitative estimate of drug-likeness (QED) is 0.00574. The molecule has 4 fully saturated rings. The number of nitrogens with one attached hydrogen (secondary N) is 2. The number of aromatic hydroxyl groups is 2. The Morgan fingerprint density at radius 2 is 0.992 bits per heavy atom. The molecule has 0 saturated carbocycles. The average Bonchev–Trinajstić information content (AvgIpc) is 1.72. The van der Waals surface area contributed by atoms with Crippen LogP contribution in [0.2, 0.25) is 15.1 Å². The molecule has 11 N–H and O–H groups in total. The largest absolute Gasteiger partial charge is 0.504 e. The second-order valence-corrected chi connectivity index (χ2v) is 35.5. The van der Waals surface area contributed by atoms with Crippen LogP contribution < -0.4 is 60.0 Å². The standard InChI is InChI=1S/C33H39ClN6O10S2.C31H37ClN2O5.C23H21ClO6.C8H18N2/c1-33(2,31(48)49)50-38-24(20-16-52-32(35)37-20)22(42)13-19-28(45)39-25(30(46)47)17(15-51-29(19)39)14-40(10-5-3-4-6-11-40)12-9-36-27(44)18-7-8-21(41)26(43)23(18)34;1-36-25-11-7-23(8-12-25)21-38-28-16-15-27(31(35)33-17-20-34-18-5-3-4-6-19-34)29(32)30(28)39-22-24-9-13-26(37-2)14-10-24;1-27-17-7-3-15(4-8-17)13-29-20-12-11-19(23(25)26)21(24)22(20)30-14-16-5-9-18(28-2)10-6-16;9-5-8-10-6-3-1-2-4-7-10/h7-8,16,19,29H,3-6,9-15H2,1-2H3,(H6-,35,36,37,38,41,42,43,44,46,47,48,49);7-16H,3-6,17-22H2,1-2H3,(H,33,35);3-12H,13-14H2,1-2H3,(H,25,26);1-9H2/p+1/t19-,29?;;;/m1.../s1. The molecule has 4 saturated heterocycles. The molecule has 131 heavy (non-hydrogen) atoms. The van der Waals surface area contributed by atoms with Gasteiger partial charge in [0.25, 0.3) is 11.8 Å². The molecule has 31 nitrogen and oxygen atoms in total. The molecule has 7 aromatic carbocycles. The summed E-state index contributed by atoms with van der Waals surface area (Å²) in [7, 11) is 6.45. The number of Topliss-reactive ketones (excluding diaryl/α,β-unsaturated/α-hetero) is 1. The van der Waals surface area contributed by atoms with Crippen molar-refractivity contribution in [2.45, 2.75) is 135 Å². The van der Waals surface area contributed by atoms with E-state index in [1.807, 2.05) is 97.1 Å². The number of rotatable bonds is 37. The number of thioether (sulfide) groups is 1. The highest BCUT2D eigenvalue weighted by Gasteiger charge is 2.55. The van der Waals surface area contributed by atoms with Crippen LogP contribution in [0.5, 0.6) is 57.5 Å². The highest BCUT2D eigenvalue weighted by atomic mass is 35.5. The van der Waals surface area contributed by atoms with E-state index < -0.39 is 63.9 Å². The van der Waals surface area contributed by atoms with Crippen molar-refractivity contribution in [2.24, 2.45) is 16.8 Å². The third-order valence-electron chi connectivity index (χ3n) is 22.8. The molecule has 5 aliphatic heterocycles. The van der Waals surface area contributed by atoms with E-state index >= 15 is 0 Å². The minimum atomic E-state index is -1.77. The van der Waals surface area contributed by atoms with Gasteiger partial charge in [-0.05, 0) is 199 Å². The second-order valence-electron chi connectivity index (χ2n) is 32.4. The number of oxime groups is 1. The Labute approximate surface area is 785 Å². The minimum absolute atomic E-state index is 0.0000386. The van der Waals surface area contributed by atoms with Crippen LogP contribution in [0.25, 0.3) is 0 Å². The second kappa shape index (κ2) is 50.4. The summed E-state index contributed by atoms with van der Waals surface area (Å²) < 4.78 is 45.2. The first-order valence-electron chi connectivity index (χ1n) is 43.4. The van der Waals surface area contributed by atoms with Crippen LogP contribution in [-0.2, 0) is 50.4 Å². The van der Waals surface area contributed by atoms with Crippen molar-refractivity contribution >= 4 is 110 Å². The van der Waals surface area contributed by atoms with Gasteiger partial charge >= 0.3 is 17.9 Å². The van der Waals surface area contributed by atoms with Crippen molar-refractivity contribution in [3.63, 3.8) is 0 Å². The number of ketones is 1. The molecule has 704 valence electrons. The van der Waals surface area contributed by atoms with Gasteiger partial charge in [0.2, 0.25) is 11.5 Å². The van der Waals surface area contributed by atoms with Gasteiger partial charge in [0, 0.05) is 49.3 Å². The molecule has 8 aromatic rings. The van der Waals surface area contributed by atoms with Crippen LogP contribution in [0.15, 0.2) is 155 Å². The first kappa shape index (κ1) is 102. The number of aromatic carboxylic acids is 1. The number of carbonyl (C=O) groups is 7. The third-order valence-corrected chi connectivity index (χ3v) is 26.0. The number of amides is 3. The van der Waals surface area contributed by atoms with Gasteiger partial charge in [0.15, 0.2) is 51.1 Å². The summed E-state index contributed by atoms with van der Waals surface area (Å²) in [5.74, 6) is -2.92. The number of halogens is 3. The lowest BCUT2D eigenvalue weighted by atomic mass is 9.89. The molecule has 1 unspecified atom stereocenters. The van der Waals surface area contributed by atoms with E-state index in [0.29, 0.717) is 64.9 Å². The molecule has 36 heteroatoms. The number of quaternary nitrogens is 1. The highest BCUT2D eigenvalue weighted by molar-refractivity contribution is 8.00. The number of nitrogen functional groups attached to an aromatic ring is 1. The number of methoxy groups -OCH3 is 4. The van der Waals surface area contributed by atoms with Gasteiger partial charge in [0.05, 0.1) is 92.6 Å². The molecule has 0 radical (unpaired) electrons. The molecule has 2 atom stereocenters. The van der Waals surface area contributed by atoms with E-state index in [9.17, 15) is 59.1 Å². The van der Waals surface area contributed by atoms with Crippen molar-refractivity contribution in [3.8, 4) is 57.5 Å². The fourth-order valence-electron chi connectivity index (χ4n) is 15.3. The number of ether oxygens (including phenoxy) is 8. The zero-order chi connectivity index (χ0) is 94.2. The Hall–Kier alpha value is -11.3. The van der Waals surface area contributed by atoms with E-state index in [-0.39, 0.29) is 92.9 Å². The Kier molecular flexibility index (Phi) is 39.2. The number of carboxylic acids is 3. The van der Waals surface area contributed by atoms with Crippen molar-refractivity contribution in [3.05, 3.63) is 210 Å². The Balaban J connectivity index is 0.000000199. The van der Waals surface area contributed by atoms with Crippen molar-refractivity contribution in [1.82, 2.24) is 30.3 Å². The molecule has 6 heterocycles. The lowest BCUT2D eigenvalue weighted by Gasteiger charge is -2.50. The maximum Gasteiger partial charge on any atom is 0.352 e. The summed E-state index contributed by atoms with van der Waals surface area (Å²) in [6.45, 7) is 14.0.